The second-order valence-electron chi connectivity index (χ2n) is 4.12. The topological polar surface area (TPSA) is 54.0 Å². The third-order valence-corrected chi connectivity index (χ3v) is 3.78. The van der Waals surface area contributed by atoms with Gasteiger partial charge in [0.2, 0.25) is 0 Å². The van der Waals surface area contributed by atoms with Gasteiger partial charge in [0, 0.05) is 11.1 Å². The van der Waals surface area contributed by atoms with Crippen LogP contribution in [0.5, 0.6) is 0 Å². The molecule has 0 saturated carbocycles. The lowest BCUT2D eigenvalue weighted by atomic mass is 10.2. The van der Waals surface area contributed by atoms with Crippen molar-refractivity contribution in [1.29, 1.82) is 5.26 Å². The average Bonchev–Trinajstić information content (AvgIpc) is 2.84. The van der Waals surface area contributed by atoms with Crippen LogP contribution in [0.15, 0.2) is 52.6 Å². The summed E-state index contributed by atoms with van der Waals surface area (Å²) < 4.78 is 1.91. The molecule has 0 radical (unpaired) electrons. The Labute approximate surface area is 114 Å². The second-order valence-corrected chi connectivity index (χ2v) is 5.13. The number of rotatable bonds is 2. The molecule has 5 heteroatoms. The van der Waals surface area contributed by atoms with Gasteiger partial charge in [-0.1, -0.05) is 12.1 Å². The summed E-state index contributed by atoms with van der Waals surface area (Å²) in [6, 6.07) is 13.8. The van der Waals surface area contributed by atoms with E-state index in [9.17, 15) is 5.26 Å². The largest absolute Gasteiger partial charge is 0.277 e. The zero-order valence-electron chi connectivity index (χ0n) is 10.2. The van der Waals surface area contributed by atoms with E-state index in [4.69, 9.17) is 0 Å². The SMILES string of the molecule is Cc1ccc(Sc2nnc3ccccn23)c(C#N)c1. The molecule has 2 heterocycles. The predicted molar refractivity (Wildman–Crippen MR) is 73.0 cm³/mol. The number of hydrogen-bond donors (Lipinski definition) is 0. The molecule has 0 aliphatic rings. The van der Waals surface area contributed by atoms with Crippen molar-refractivity contribution in [2.75, 3.05) is 0 Å². The zero-order valence-corrected chi connectivity index (χ0v) is 11.1. The minimum atomic E-state index is 0.665. The van der Waals surface area contributed by atoms with Crippen molar-refractivity contribution >= 4 is 17.4 Å². The summed E-state index contributed by atoms with van der Waals surface area (Å²) in [6.07, 6.45) is 1.91. The normalized spacial score (nSPS) is 10.5. The van der Waals surface area contributed by atoms with Gasteiger partial charge in [0.25, 0.3) is 0 Å². The third kappa shape index (κ3) is 2.18. The Kier molecular flexibility index (Phi) is 2.94. The Morgan fingerprint density at radius 3 is 2.95 bits per heavy atom. The van der Waals surface area contributed by atoms with E-state index in [2.05, 4.69) is 16.3 Å². The van der Waals surface area contributed by atoms with Gasteiger partial charge in [-0.2, -0.15) is 5.26 Å². The first-order valence-electron chi connectivity index (χ1n) is 5.76. The first-order valence-corrected chi connectivity index (χ1v) is 6.58. The molecular weight excluding hydrogens is 256 g/mol. The van der Waals surface area contributed by atoms with E-state index in [0.717, 1.165) is 21.3 Å². The van der Waals surface area contributed by atoms with Crippen LogP contribution in [0.4, 0.5) is 0 Å². The summed E-state index contributed by atoms with van der Waals surface area (Å²) in [6.45, 7) is 1.97. The molecule has 19 heavy (non-hydrogen) atoms. The number of fused-ring (bicyclic) bond motifs is 1. The molecular formula is C14H10N4S. The lowest BCUT2D eigenvalue weighted by molar-refractivity contribution is 0.921. The Balaban J connectivity index is 2.04. The molecule has 4 nitrogen and oxygen atoms in total. The lowest BCUT2D eigenvalue weighted by Crippen LogP contribution is -1.88. The summed E-state index contributed by atoms with van der Waals surface area (Å²) in [5, 5.41) is 18.2. The number of aromatic nitrogens is 3. The van der Waals surface area contributed by atoms with Crippen molar-refractivity contribution in [3.63, 3.8) is 0 Å². The monoisotopic (exact) mass is 266 g/mol. The fraction of sp³-hybridized carbons (Fsp3) is 0.0714. The van der Waals surface area contributed by atoms with E-state index >= 15 is 0 Å². The molecule has 0 aliphatic carbocycles. The highest BCUT2D eigenvalue weighted by Gasteiger charge is 2.10. The molecule has 3 aromatic rings. The highest BCUT2D eigenvalue weighted by molar-refractivity contribution is 7.99. The smallest absolute Gasteiger partial charge is 0.200 e. The van der Waals surface area contributed by atoms with Gasteiger partial charge in [0.1, 0.15) is 6.07 Å². The van der Waals surface area contributed by atoms with E-state index in [1.165, 1.54) is 11.8 Å². The Bertz CT molecular complexity index is 785. The minimum Gasteiger partial charge on any atom is -0.277 e. The quantitative estimate of drug-likeness (QED) is 0.715. The van der Waals surface area contributed by atoms with Crippen LogP contribution in [-0.2, 0) is 0 Å². The maximum atomic E-state index is 9.18. The maximum Gasteiger partial charge on any atom is 0.200 e. The first kappa shape index (κ1) is 11.8. The van der Waals surface area contributed by atoms with Crippen molar-refractivity contribution < 1.29 is 0 Å². The summed E-state index contributed by atoms with van der Waals surface area (Å²) >= 11 is 1.45. The molecule has 0 bridgehead atoms. The number of nitrogens with zero attached hydrogens (tertiary/aromatic N) is 4. The van der Waals surface area contributed by atoms with Crippen LogP contribution < -0.4 is 0 Å². The number of pyridine rings is 1. The van der Waals surface area contributed by atoms with Crippen molar-refractivity contribution in [3.8, 4) is 6.07 Å². The lowest BCUT2D eigenvalue weighted by Gasteiger charge is -2.03. The van der Waals surface area contributed by atoms with Crippen LogP contribution in [-0.4, -0.2) is 14.6 Å². The molecule has 1 aromatic carbocycles. The van der Waals surface area contributed by atoms with E-state index in [1.807, 2.05) is 53.9 Å². The molecule has 0 aliphatic heterocycles. The molecule has 0 atom stereocenters. The summed E-state index contributed by atoms with van der Waals surface area (Å²) in [4.78, 5) is 0.895. The van der Waals surface area contributed by atoms with Gasteiger partial charge in [-0.3, -0.25) is 4.40 Å². The Hall–Kier alpha value is -2.32. The summed E-state index contributed by atoms with van der Waals surface area (Å²) in [5.41, 5.74) is 2.54. The zero-order chi connectivity index (χ0) is 13.2. The van der Waals surface area contributed by atoms with E-state index in [-0.39, 0.29) is 0 Å². The minimum absolute atomic E-state index is 0.665. The highest BCUT2D eigenvalue weighted by Crippen LogP contribution is 2.29. The third-order valence-electron chi connectivity index (χ3n) is 2.74. The molecule has 0 fully saturated rings. The van der Waals surface area contributed by atoms with E-state index in [1.54, 1.807) is 0 Å². The summed E-state index contributed by atoms with van der Waals surface area (Å²) in [7, 11) is 0. The average molecular weight is 266 g/mol. The molecule has 0 spiro atoms. The Morgan fingerprint density at radius 2 is 2.11 bits per heavy atom. The Morgan fingerprint density at radius 1 is 1.21 bits per heavy atom. The molecule has 0 unspecified atom stereocenters. The van der Waals surface area contributed by atoms with Gasteiger partial charge in [0.05, 0.1) is 5.56 Å². The van der Waals surface area contributed by atoms with Gasteiger partial charge in [0.15, 0.2) is 10.8 Å². The van der Waals surface area contributed by atoms with Gasteiger partial charge in [-0.25, -0.2) is 0 Å². The predicted octanol–water partition coefficient (Wildman–Crippen LogP) is 3.06. The second kappa shape index (κ2) is 4.75. The maximum absolute atomic E-state index is 9.18. The van der Waals surface area contributed by atoms with Crippen LogP contribution in [0, 0.1) is 18.3 Å². The number of aryl methyl sites for hydroxylation is 1. The molecule has 3 rings (SSSR count). The molecule has 0 N–H and O–H groups in total. The van der Waals surface area contributed by atoms with E-state index < -0.39 is 0 Å². The fourth-order valence-corrected chi connectivity index (χ4v) is 2.69. The molecule has 2 aromatic heterocycles. The highest BCUT2D eigenvalue weighted by atomic mass is 32.2. The van der Waals surface area contributed by atoms with Gasteiger partial charge in [-0.15, -0.1) is 10.2 Å². The van der Waals surface area contributed by atoms with Gasteiger partial charge >= 0.3 is 0 Å². The molecule has 0 saturated heterocycles. The van der Waals surface area contributed by atoms with Crippen LogP contribution in [0.1, 0.15) is 11.1 Å². The summed E-state index contributed by atoms with van der Waals surface area (Å²) in [5.74, 6) is 0. The van der Waals surface area contributed by atoms with Crippen LogP contribution in [0.2, 0.25) is 0 Å². The first-order chi connectivity index (χ1) is 9.28. The van der Waals surface area contributed by atoms with Crippen LogP contribution in [0.3, 0.4) is 0 Å². The van der Waals surface area contributed by atoms with Crippen LogP contribution in [0.25, 0.3) is 5.65 Å². The van der Waals surface area contributed by atoms with Crippen molar-refractivity contribution in [1.82, 2.24) is 14.6 Å². The molecule has 0 amide bonds. The number of nitriles is 1. The van der Waals surface area contributed by atoms with Crippen LogP contribution >= 0.6 is 11.8 Å². The standard InChI is InChI=1S/C14H10N4S/c1-10-5-6-12(11(8-10)9-15)19-14-17-16-13-4-2-3-7-18(13)14/h2-8H,1H3. The van der Waals surface area contributed by atoms with Gasteiger partial charge < -0.3 is 0 Å². The van der Waals surface area contributed by atoms with Crippen molar-refractivity contribution in [3.05, 3.63) is 53.7 Å². The molecule has 92 valence electrons. The van der Waals surface area contributed by atoms with Crippen molar-refractivity contribution in [2.45, 2.75) is 17.0 Å². The van der Waals surface area contributed by atoms with E-state index in [0.29, 0.717) is 5.56 Å². The van der Waals surface area contributed by atoms with Crippen molar-refractivity contribution in [2.24, 2.45) is 0 Å². The fourth-order valence-electron chi connectivity index (χ4n) is 1.81. The number of hydrogen-bond acceptors (Lipinski definition) is 4. The van der Waals surface area contributed by atoms with Gasteiger partial charge in [-0.05, 0) is 48.5 Å². The number of benzene rings is 1.